The van der Waals surface area contributed by atoms with Crippen LogP contribution >= 0.6 is 0 Å². The first kappa shape index (κ1) is 15.3. The second-order valence-electron chi connectivity index (χ2n) is 7.06. The fourth-order valence-electron chi connectivity index (χ4n) is 4.25. The Morgan fingerprint density at radius 1 is 1.25 bits per heavy atom. The van der Waals surface area contributed by atoms with Crippen molar-refractivity contribution in [2.24, 2.45) is 23.5 Å². The van der Waals surface area contributed by atoms with Crippen molar-refractivity contribution in [2.45, 2.75) is 38.1 Å². The third-order valence-corrected chi connectivity index (χ3v) is 5.57. The molecule has 126 valence electrons. The zero-order chi connectivity index (χ0) is 16.5. The Hall–Kier alpha value is -2.21. The summed E-state index contributed by atoms with van der Waals surface area (Å²) in [5.74, 6) is 1.98. The summed E-state index contributed by atoms with van der Waals surface area (Å²) in [6, 6.07) is 4.05. The number of rotatable bonds is 3. The Kier molecular flexibility index (Phi) is 4.06. The average Bonchev–Trinajstić information content (AvgIpc) is 3.09. The molecule has 3 N–H and O–H groups in total. The van der Waals surface area contributed by atoms with Gasteiger partial charge in [0.05, 0.1) is 11.9 Å². The summed E-state index contributed by atoms with van der Waals surface area (Å²) >= 11 is 0. The van der Waals surface area contributed by atoms with Crippen LogP contribution in [-0.2, 0) is 4.79 Å². The summed E-state index contributed by atoms with van der Waals surface area (Å²) < 4.78 is 1.83. The number of fused-ring (bicyclic) bond motifs is 2. The summed E-state index contributed by atoms with van der Waals surface area (Å²) in [4.78, 5) is 21.0. The Labute approximate surface area is 141 Å². The van der Waals surface area contributed by atoms with E-state index in [1.165, 1.54) is 19.3 Å². The summed E-state index contributed by atoms with van der Waals surface area (Å²) in [7, 11) is 0. The molecule has 2 atom stereocenters. The number of pyridine rings is 1. The molecule has 0 aliphatic heterocycles. The maximum atomic E-state index is 12.6. The van der Waals surface area contributed by atoms with Crippen LogP contribution in [0, 0.1) is 17.8 Å². The Morgan fingerprint density at radius 3 is 2.67 bits per heavy atom. The minimum atomic E-state index is 0.0772. The van der Waals surface area contributed by atoms with E-state index in [1.807, 2.05) is 22.9 Å². The average molecular weight is 325 g/mol. The summed E-state index contributed by atoms with van der Waals surface area (Å²) in [6.45, 7) is 0. The van der Waals surface area contributed by atoms with E-state index in [-0.39, 0.29) is 11.8 Å². The van der Waals surface area contributed by atoms with Crippen LogP contribution in [0.1, 0.15) is 32.1 Å². The first-order valence-electron chi connectivity index (χ1n) is 8.71. The molecule has 2 aliphatic carbocycles. The van der Waals surface area contributed by atoms with Crippen molar-refractivity contribution in [2.75, 3.05) is 5.32 Å². The number of nitrogens with two attached hydrogens (primary N) is 1. The Bertz CT molecular complexity index is 683. The van der Waals surface area contributed by atoms with Crippen molar-refractivity contribution in [3.63, 3.8) is 0 Å². The minimum absolute atomic E-state index is 0.0772. The topological polar surface area (TPSA) is 85.8 Å². The molecule has 2 bridgehead atoms. The normalized spacial score (nSPS) is 29.2. The van der Waals surface area contributed by atoms with E-state index >= 15 is 0 Å². The first-order chi connectivity index (χ1) is 11.7. The van der Waals surface area contributed by atoms with Crippen LogP contribution in [0.15, 0.2) is 37.1 Å². The quantitative estimate of drug-likeness (QED) is 0.907. The zero-order valence-corrected chi connectivity index (χ0v) is 13.6. The largest absolute Gasteiger partial charge is 0.327 e. The van der Waals surface area contributed by atoms with Gasteiger partial charge in [-0.25, -0.2) is 9.97 Å². The molecule has 2 saturated carbocycles. The number of nitrogens with zero attached hydrogens (tertiary/aromatic N) is 3. The molecule has 2 aliphatic rings. The van der Waals surface area contributed by atoms with Crippen LogP contribution in [0.5, 0.6) is 0 Å². The molecule has 6 heteroatoms. The predicted molar refractivity (Wildman–Crippen MR) is 91.5 cm³/mol. The van der Waals surface area contributed by atoms with Crippen LogP contribution < -0.4 is 11.1 Å². The van der Waals surface area contributed by atoms with Gasteiger partial charge in [0.2, 0.25) is 5.91 Å². The molecule has 0 radical (unpaired) electrons. The molecular formula is C18H23N5O. The molecule has 2 aromatic heterocycles. The Morgan fingerprint density at radius 2 is 2.04 bits per heavy atom. The second-order valence-corrected chi connectivity index (χ2v) is 7.06. The van der Waals surface area contributed by atoms with Gasteiger partial charge in [0.15, 0.2) is 0 Å². The molecule has 2 unspecified atom stereocenters. The van der Waals surface area contributed by atoms with Gasteiger partial charge < -0.3 is 11.1 Å². The van der Waals surface area contributed by atoms with Crippen molar-refractivity contribution in [3.8, 4) is 5.82 Å². The fraction of sp³-hybridized carbons (Fsp3) is 0.500. The number of carbonyl (C=O) groups is 1. The number of hydrogen-bond donors (Lipinski definition) is 2. The van der Waals surface area contributed by atoms with E-state index in [4.69, 9.17) is 5.73 Å². The number of amides is 1. The predicted octanol–water partition coefficient (Wildman–Crippen LogP) is 2.36. The summed E-state index contributed by atoms with van der Waals surface area (Å²) in [5, 5.41) is 3.02. The number of carbonyl (C=O) groups excluding carboxylic acids is 1. The summed E-state index contributed by atoms with van der Waals surface area (Å²) in [5.41, 5.74) is 7.05. The van der Waals surface area contributed by atoms with Gasteiger partial charge in [0.25, 0.3) is 0 Å². The maximum absolute atomic E-state index is 12.6. The third kappa shape index (κ3) is 2.94. The molecule has 0 saturated heterocycles. The molecule has 6 nitrogen and oxygen atoms in total. The van der Waals surface area contributed by atoms with E-state index in [0.29, 0.717) is 17.9 Å². The molecule has 4 rings (SSSR count). The van der Waals surface area contributed by atoms with Gasteiger partial charge in [-0.2, -0.15) is 0 Å². The SMILES string of the molecule is NC1C2CCCC1CC(C(=O)Nc1ccc(-n3ccnc3)nc1)C2. The van der Waals surface area contributed by atoms with Crippen molar-refractivity contribution in [1.29, 1.82) is 0 Å². The van der Waals surface area contributed by atoms with Crippen LogP contribution in [0.4, 0.5) is 5.69 Å². The van der Waals surface area contributed by atoms with Crippen molar-refractivity contribution < 1.29 is 4.79 Å². The Balaban J connectivity index is 1.41. The monoisotopic (exact) mass is 325 g/mol. The van der Waals surface area contributed by atoms with Crippen molar-refractivity contribution >= 4 is 11.6 Å². The van der Waals surface area contributed by atoms with Gasteiger partial charge >= 0.3 is 0 Å². The van der Waals surface area contributed by atoms with E-state index in [1.54, 1.807) is 18.7 Å². The number of imidazole rings is 1. The molecule has 24 heavy (non-hydrogen) atoms. The van der Waals surface area contributed by atoms with Gasteiger partial charge in [0.1, 0.15) is 12.1 Å². The molecule has 0 aromatic carbocycles. The van der Waals surface area contributed by atoms with E-state index in [2.05, 4.69) is 15.3 Å². The fourth-order valence-corrected chi connectivity index (χ4v) is 4.25. The highest BCUT2D eigenvalue weighted by molar-refractivity contribution is 5.92. The third-order valence-electron chi connectivity index (χ3n) is 5.57. The molecule has 2 fully saturated rings. The molecular weight excluding hydrogens is 302 g/mol. The lowest BCUT2D eigenvalue weighted by Crippen LogP contribution is -2.48. The van der Waals surface area contributed by atoms with Crippen LogP contribution in [0.25, 0.3) is 5.82 Å². The maximum Gasteiger partial charge on any atom is 0.227 e. The highest BCUT2D eigenvalue weighted by Gasteiger charge is 2.40. The molecule has 1 amide bonds. The highest BCUT2D eigenvalue weighted by atomic mass is 16.1. The lowest BCUT2D eigenvalue weighted by atomic mass is 9.65. The van der Waals surface area contributed by atoms with Crippen LogP contribution in [-0.4, -0.2) is 26.5 Å². The number of hydrogen-bond acceptors (Lipinski definition) is 4. The highest BCUT2D eigenvalue weighted by Crippen LogP contribution is 2.42. The van der Waals surface area contributed by atoms with Crippen molar-refractivity contribution in [1.82, 2.24) is 14.5 Å². The van der Waals surface area contributed by atoms with Gasteiger partial charge in [-0.05, 0) is 49.7 Å². The number of anilines is 1. The first-order valence-corrected chi connectivity index (χ1v) is 8.71. The molecule has 2 aromatic rings. The second kappa shape index (κ2) is 6.36. The number of aromatic nitrogens is 3. The van der Waals surface area contributed by atoms with Crippen molar-refractivity contribution in [3.05, 3.63) is 37.1 Å². The number of nitrogens with one attached hydrogen (secondary N) is 1. The van der Waals surface area contributed by atoms with E-state index in [0.717, 1.165) is 24.3 Å². The standard InChI is InChI=1S/C18H23N5O/c19-17-12-2-1-3-13(17)9-14(8-12)18(24)22-15-4-5-16(21-10-15)23-7-6-20-11-23/h4-7,10-14,17H,1-3,8-9,19H2,(H,22,24). The zero-order valence-electron chi connectivity index (χ0n) is 13.6. The van der Waals surface area contributed by atoms with Gasteiger partial charge in [-0.15, -0.1) is 0 Å². The van der Waals surface area contributed by atoms with Crippen LogP contribution in [0.2, 0.25) is 0 Å². The van der Waals surface area contributed by atoms with Gasteiger partial charge in [-0.1, -0.05) is 6.42 Å². The smallest absolute Gasteiger partial charge is 0.227 e. The molecule has 0 spiro atoms. The van der Waals surface area contributed by atoms with Gasteiger partial charge in [-0.3, -0.25) is 9.36 Å². The van der Waals surface area contributed by atoms with E-state index < -0.39 is 0 Å². The van der Waals surface area contributed by atoms with Crippen LogP contribution in [0.3, 0.4) is 0 Å². The summed E-state index contributed by atoms with van der Waals surface area (Å²) in [6.07, 6.45) is 12.4. The molecule has 2 heterocycles. The lowest BCUT2D eigenvalue weighted by molar-refractivity contribution is -0.122. The van der Waals surface area contributed by atoms with E-state index in [9.17, 15) is 4.79 Å². The minimum Gasteiger partial charge on any atom is -0.327 e. The van der Waals surface area contributed by atoms with Gasteiger partial charge in [0, 0.05) is 24.4 Å². The lowest BCUT2D eigenvalue weighted by Gasteiger charge is -2.43.